The van der Waals surface area contributed by atoms with Crippen LogP contribution in [0.15, 0.2) is 23.6 Å². The Bertz CT molecular complexity index is 672. The SMILES string of the molecule is Cc1cc(N2CCCC(CCC(=O)O)C2)nc(-c2cccs2)n1. The number of hydrogen-bond acceptors (Lipinski definition) is 5. The molecule has 0 spiro atoms. The molecule has 3 heterocycles. The van der Waals surface area contributed by atoms with E-state index < -0.39 is 5.97 Å². The highest BCUT2D eigenvalue weighted by Crippen LogP contribution is 2.28. The summed E-state index contributed by atoms with van der Waals surface area (Å²) >= 11 is 1.64. The molecule has 1 N–H and O–H groups in total. The Balaban J connectivity index is 1.76. The lowest BCUT2D eigenvalue weighted by molar-refractivity contribution is -0.137. The quantitative estimate of drug-likeness (QED) is 0.907. The van der Waals surface area contributed by atoms with Crippen molar-refractivity contribution in [3.05, 3.63) is 29.3 Å². The molecule has 0 saturated carbocycles. The molecule has 122 valence electrons. The molecule has 2 aromatic heterocycles. The fraction of sp³-hybridized carbons (Fsp3) is 0.471. The van der Waals surface area contributed by atoms with Gasteiger partial charge < -0.3 is 10.0 Å². The molecule has 0 aromatic carbocycles. The minimum Gasteiger partial charge on any atom is -0.481 e. The van der Waals surface area contributed by atoms with Crippen molar-refractivity contribution in [3.8, 4) is 10.7 Å². The molecule has 23 heavy (non-hydrogen) atoms. The van der Waals surface area contributed by atoms with E-state index in [1.54, 1.807) is 11.3 Å². The topological polar surface area (TPSA) is 66.3 Å². The molecule has 1 aliphatic heterocycles. The molecule has 0 bridgehead atoms. The normalized spacial score (nSPS) is 18.1. The van der Waals surface area contributed by atoms with Crippen LogP contribution in [0.25, 0.3) is 10.7 Å². The third kappa shape index (κ3) is 4.07. The maximum Gasteiger partial charge on any atom is 0.303 e. The molecule has 1 atom stereocenters. The van der Waals surface area contributed by atoms with Crippen molar-refractivity contribution in [2.75, 3.05) is 18.0 Å². The van der Waals surface area contributed by atoms with Gasteiger partial charge in [0, 0.05) is 31.3 Å². The van der Waals surface area contributed by atoms with E-state index in [0.29, 0.717) is 5.92 Å². The Hall–Kier alpha value is -1.95. The lowest BCUT2D eigenvalue weighted by Gasteiger charge is -2.33. The summed E-state index contributed by atoms with van der Waals surface area (Å²) in [7, 11) is 0. The molecule has 0 radical (unpaired) electrons. The summed E-state index contributed by atoms with van der Waals surface area (Å²) in [5.41, 5.74) is 0.964. The van der Waals surface area contributed by atoms with Crippen LogP contribution in [0.3, 0.4) is 0 Å². The Morgan fingerprint density at radius 2 is 2.35 bits per heavy atom. The molecule has 1 saturated heterocycles. The number of nitrogens with zero attached hydrogens (tertiary/aromatic N) is 3. The number of carboxylic acids is 1. The van der Waals surface area contributed by atoms with Crippen LogP contribution < -0.4 is 4.90 Å². The van der Waals surface area contributed by atoms with Crippen LogP contribution in [-0.2, 0) is 4.79 Å². The molecule has 0 amide bonds. The summed E-state index contributed by atoms with van der Waals surface area (Å²) < 4.78 is 0. The second-order valence-corrected chi connectivity index (χ2v) is 7.00. The van der Waals surface area contributed by atoms with Crippen molar-refractivity contribution < 1.29 is 9.90 Å². The Labute approximate surface area is 140 Å². The van der Waals surface area contributed by atoms with E-state index in [0.717, 1.165) is 54.6 Å². The minimum atomic E-state index is -0.708. The highest BCUT2D eigenvalue weighted by atomic mass is 32.1. The fourth-order valence-corrected chi connectivity index (χ4v) is 3.72. The Morgan fingerprint density at radius 1 is 1.48 bits per heavy atom. The first-order chi connectivity index (χ1) is 11.1. The number of rotatable bonds is 5. The average molecular weight is 331 g/mol. The molecule has 3 rings (SSSR count). The van der Waals surface area contributed by atoms with Crippen molar-refractivity contribution in [2.24, 2.45) is 5.92 Å². The van der Waals surface area contributed by atoms with Crippen molar-refractivity contribution in [1.82, 2.24) is 9.97 Å². The predicted molar refractivity (Wildman–Crippen MR) is 91.9 cm³/mol. The molecular formula is C17H21N3O2S. The molecule has 1 aliphatic rings. The summed E-state index contributed by atoms with van der Waals surface area (Å²) in [6, 6.07) is 6.07. The number of piperidine rings is 1. The van der Waals surface area contributed by atoms with E-state index in [9.17, 15) is 4.79 Å². The summed E-state index contributed by atoms with van der Waals surface area (Å²) in [5, 5.41) is 10.9. The monoisotopic (exact) mass is 331 g/mol. The van der Waals surface area contributed by atoms with Gasteiger partial charge in [0.2, 0.25) is 0 Å². The van der Waals surface area contributed by atoms with E-state index >= 15 is 0 Å². The van der Waals surface area contributed by atoms with Gasteiger partial charge in [-0.15, -0.1) is 11.3 Å². The summed E-state index contributed by atoms with van der Waals surface area (Å²) in [6.07, 6.45) is 3.18. The smallest absolute Gasteiger partial charge is 0.303 e. The summed E-state index contributed by atoms with van der Waals surface area (Å²) in [6.45, 7) is 3.85. The van der Waals surface area contributed by atoms with Gasteiger partial charge in [0.1, 0.15) is 5.82 Å². The van der Waals surface area contributed by atoms with E-state index in [4.69, 9.17) is 10.1 Å². The molecule has 1 unspecified atom stereocenters. The third-order valence-electron chi connectivity index (χ3n) is 4.19. The highest BCUT2D eigenvalue weighted by molar-refractivity contribution is 7.13. The van der Waals surface area contributed by atoms with E-state index in [1.807, 2.05) is 30.5 Å². The van der Waals surface area contributed by atoms with Crippen LogP contribution in [0.2, 0.25) is 0 Å². The predicted octanol–water partition coefficient (Wildman–Crippen LogP) is 3.59. The second kappa shape index (κ2) is 7.08. The Kier molecular flexibility index (Phi) is 4.91. The van der Waals surface area contributed by atoms with Crippen LogP contribution in [0.1, 0.15) is 31.4 Å². The highest BCUT2D eigenvalue weighted by Gasteiger charge is 2.22. The number of aromatic nitrogens is 2. The van der Waals surface area contributed by atoms with E-state index in [-0.39, 0.29) is 6.42 Å². The van der Waals surface area contributed by atoms with Crippen molar-refractivity contribution >= 4 is 23.1 Å². The van der Waals surface area contributed by atoms with Gasteiger partial charge >= 0.3 is 5.97 Å². The summed E-state index contributed by atoms with van der Waals surface area (Å²) in [5.74, 6) is 1.46. The number of aryl methyl sites for hydroxylation is 1. The van der Waals surface area contributed by atoms with Crippen LogP contribution in [0.5, 0.6) is 0 Å². The number of carboxylic acid groups (broad SMARTS) is 1. The molecular weight excluding hydrogens is 310 g/mol. The van der Waals surface area contributed by atoms with Gasteiger partial charge in [-0.1, -0.05) is 6.07 Å². The van der Waals surface area contributed by atoms with Gasteiger partial charge in [0.25, 0.3) is 0 Å². The van der Waals surface area contributed by atoms with E-state index in [1.165, 1.54) is 0 Å². The molecule has 1 fully saturated rings. The standard InChI is InChI=1S/C17H21N3O2S/c1-12-10-15(19-17(18-12)14-5-3-9-23-14)20-8-2-4-13(11-20)6-7-16(21)22/h3,5,9-10,13H,2,4,6-8,11H2,1H3,(H,21,22). The molecule has 2 aromatic rings. The van der Waals surface area contributed by atoms with Crippen molar-refractivity contribution in [3.63, 3.8) is 0 Å². The van der Waals surface area contributed by atoms with Gasteiger partial charge in [-0.25, -0.2) is 9.97 Å². The van der Waals surface area contributed by atoms with Crippen LogP contribution >= 0.6 is 11.3 Å². The maximum atomic E-state index is 10.8. The van der Waals surface area contributed by atoms with Gasteiger partial charge in [-0.3, -0.25) is 4.79 Å². The zero-order valence-electron chi connectivity index (χ0n) is 13.2. The first kappa shape index (κ1) is 15.9. The molecule has 6 heteroatoms. The lowest BCUT2D eigenvalue weighted by atomic mass is 9.93. The Morgan fingerprint density at radius 3 is 3.09 bits per heavy atom. The maximum absolute atomic E-state index is 10.8. The first-order valence-corrected chi connectivity index (χ1v) is 8.86. The van der Waals surface area contributed by atoms with Gasteiger partial charge in [-0.2, -0.15) is 0 Å². The van der Waals surface area contributed by atoms with Crippen LogP contribution in [-0.4, -0.2) is 34.1 Å². The van der Waals surface area contributed by atoms with Crippen molar-refractivity contribution in [2.45, 2.75) is 32.6 Å². The fourth-order valence-electron chi connectivity index (χ4n) is 3.07. The van der Waals surface area contributed by atoms with Gasteiger partial charge in [-0.05, 0) is 43.6 Å². The van der Waals surface area contributed by atoms with E-state index in [2.05, 4.69) is 9.88 Å². The number of aliphatic carboxylic acids is 1. The summed E-state index contributed by atoms with van der Waals surface area (Å²) in [4.78, 5) is 23.4. The third-order valence-corrected chi connectivity index (χ3v) is 5.06. The zero-order valence-corrected chi connectivity index (χ0v) is 14.1. The van der Waals surface area contributed by atoms with Gasteiger partial charge in [0.05, 0.1) is 4.88 Å². The zero-order chi connectivity index (χ0) is 16.2. The van der Waals surface area contributed by atoms with Gasteiger partial charge in [0.15, 0.2) is 5.82 Å². The lowest BCUT2D eigenvalue weighted by Crippen LogP contribution is -2.36. The number of thiophene rings is 1. The minimum absolute atomic E-state index is 0.252. The van der Waals surface area contributed by atoms with Crippen molar-refractivity contribution in [1.29, 1.82) is 0 Å². The molecule has 5 nitrogen and oxygen atoms in total. The second-order valence-electron chi connectivity index (χ2n) is 6.06. The number of carbonyl (C=O) groups is 1. The number of anilines is 1. The molecule has 0 aliphatic carbocycles. The largest absolute Gasteiger partial charge is 0.481 e. The number of hydrogen-bond donors (Lipinski definition) is 1. The van der Waals surface area contributed by atoms with Crippen LogP contribution in [0.4, 0.5) is 5.82 Å². The first-order valence-electron chi connectivity index (χ1n) is 7.98. The van der Waals surface area contributed by atoms with Crippen LogP contribution in [0, 0.1) is 12.8 Å². The average Bonchev–Trinajstić information content (AvgIpc) is 3.07.